The van der Waals surface area contributed by atoms with Crippen molar-refractivity contribution in [3.8, 4) is 5.75 Å². The first kappa shape index (κ1) is 15.8. The standard InChI is InChI=1S/C18H21N5O2/c24-18(21-17-12-19-5-6-20-17)23-9-7-22(8-10-23)13-15-11-14-3-1-2-4-16(14)25-15/h1-6,12,15H,7-11,13H2,(H,20,21,24). The maximum Gasteiger partial charge on any atom is 0.323 e. The van der Waals surface area contributed by atoms with Crippen LogP contribution >= 0.6 is 0 Å². The molecule has 25 heavy (non-hydrogen) atoms. The van der Waals surface area contributed by atoms with Gasteiger partial charge in [0.1, 0.15) is 11.9 Å². The van der Waals surface area contributed by atoms with E-state index < -0.39 is 0 Å². The molecule has 1 atom stereocenters. The molecule has 1 saturated heterocycles. The third-order valence-corrected chi connectivity index (χ3v) is 4.63. The minimum atomic E-state index is -0.121. The normalized spacial score (nSPS) is 20.0. The number of nitrogens with zero attached hydrogens (tertiary/aromatic N) is 4. The van der Waals surface area contributed by atoms with Crippen LogP contribution in [0.4, 0.5) is 10.6 Å². The molecule has 130 valence electrons. The van der Waals surface area contributed by atoms with Gasteiger partial charge in [-0.05, 0) is 11.6 Å². The van der Waals surface area contributed by atoms with E-state index in [4.69, 9.17) is 4.74 Å². The lowest BCUT2D eigenvalue weighted by Crippen LogP contribution is -2.51. The van der Waals surface area contributed by atoms with E-state index in [9.17, 15) is 4.79 Å². The smallest absolute Gasteiger partial charge is 0.323 e. The number of para-hydroxylation sites is 1. The molecule has 1 fully saturated rings. The summed E-state index contributed by atoms with van der Waals surface area (Å²) in [7, 11) is 0. The van der Waals surface area contributed by atoms with E-state index in [0.29, 0.717) is 18.9 Å². The summed E-state index contributed by atoms with van der Waals surface area (Å²) in [6.07, 6.45) is 5.86. The molecule has 3 heterocycles. The zero-order chi connectivity index (χ0) is 17.1. The molecule has 1 aromatic heterocycles. The van der Waals surface area contributed by atoms with E-state index in [1.54, 1.807) is 18.6 Å². The number of aromatic nitrogens is 2. The zero-order valence-corrected chi connectivity index (χ0v) is 14.0. The highest BCUT2D eigenvalue weighted by molar-refractivity contribution is 5.88. The van der Waals surface area contributed by atoms with Gasteiger partial charge in [0.2, 0.25) is 0 Å². The summed E-state index contributed by atoms with van der Waals surface area (Å²) >= 11 is 0. The van der Waals surface area contributed by atoms with E-state index in [-0.39, 0.29) is 12.1 Å². The van der Waals surface area contributed by atoms with Crippen LogP contribution in [-0.4, -0.2) is 64.6 Å². The van der Waals surface area contributed by atoms with Gasteiger partial charge >= 0.3 is 6.03 Å². The third-order valence-electron chi connectivity index (χ3n) is 4.63. The van der Waals surface area contributed by atoms with Gasteiger partial charge < -0.3 is 9.64 Å². The molecule has 7 nitrogen and oxygen atoms in total. The minimum absolute atomic E-state index is 0.121. The van der Waals surface area contributed by atoms with Crippen LogP contribution in [-0.2, 0) is 6.42 Å². The number of carbonyl (C=O) groups excluding carboxylic acids is 1. The summed E-state index contributed by atoms with van der Waals surface area (Å²) in [6, 6.07) is 8.10. The number of rotatable bonds is 3. The van der Waals surface area contributed by atoms with Gasteiger partial charge in [-0.15, -0.1) is 0 Å². The van der Waals surface area contributed by atoms with Crippen LogP contribution in [0.1, 0.15) is 5.56 Å². The van der Waals surface area contributed by atoms with Gasteiger partial charge in [0, 0.05) is 51.5 Å². The van der Waals surface area contributed by atoms with Gasteiger partial charge in [0.15, 0.2) is 5.82 Å². The second-order valence-corrected chi connectivity index (χ2v) is 6.36. The second-order valence-electron chi connectivity index (χ2n) is 6.36. The Morgan fingerprint density at radius 1 is 1.20 bits per heavy atom. The summed E-state index contributed by atoms with van der Waals surface area (Å²) in [5.41, 5.74) is 1.29. The van der Waals surface area contributed by atoms with Crippen LogP contribution < -0.4 is 10.1 Å². The Hall–Kier alpha value is -2.67. The van der Waals surface area contributed by atoms with Crippen molar-refractivity contribution in [2.45, 2.75) is 12.5 Å². The van der Waals surface area contributed by atoms with Crippen molar-refractivity contribution in [2.24, 2.45) is 0 Å². The van der Waals surface area contributed by atoms with Crippen LogP contribution in [0.15, 0.2) is 42.9 Å². The number of amides is 2. The van der Waals surface area contributed by atoms with E-state index >= 15 is 0 Å². The molecule has 2 aromatic rings. The fourth-order valence-electron chi connectivity index (χ4n) is 3.33. The van der Waals surface area contributed by atoms with Gasteiger partial charge in [0.05, 0.1) is 6.20 Å². The first-order valence-corrected chi connectivity index (χ1v) is 8.57. The van der Waals surface area contributed by atoms with E-state index in [1.165, 1.54) is 5.56 Å². The van der Waals surface area contributed by atoms with Gasteiger partial charge in [-0.3, -0.25) is 15.2 Å². The van der Waals surface area contributed by atoms with Crippen LogP contribution in [0.3, 0.4) is 0 Å². The van der Waals surface area contributed by atoms with E-state index in [1.807, 2.05) is 17.0 Å². The third kappa shape index (κ3) is 3.71. The number of hydrogen-bond acceptors (Lipinski definition) is 5. The van der Waals surface area contributed by atoms with Gasteiger partial charge in [-0.25, -0.2) is 9.78 Å². The van der Waals surface area contributed by atoms with Crippen molar-refractivity contribution in [1.82, 2.24) is 19.8 Å². The molecular weight excluding hydrogens is 318 g/mol. The molecular formula is C18H21N5O2. The average molecular weight is 339 g/mol. The molecule has 0 radical (unpaired) electrons. The van der Waals surface area contributed by atoms with E-state index in [2.05, 4.69) is 32.3 Å². The van der Waals surface area contributed by atoms with Crippen molar-refractivity contribution in [2.75, 3.05) is 38.0 Å². The Morgan fingerprint density at radius 2 is 2.04 bits per heavy atom. The molecule has 0 spiro atoms. The molecule has 1 unspecified atom stereocenters. The second kappa shape index (κ2) is 7.06. The molecule has 1 N–H and O–H groups in total. The summed E-state index contributed by atoms with van der Waals surface area (Å²) < 4.78 is 6.01. The SMILES string of the molecule is O=C(Nc1cnccn1)N1CCN(CC2Cc3ccccc3O2)CC1. The number of benzene rings is 1. The summed E-state index contributed by atoms with van der Waals surface area (Å²) in [4.78, 5) is 24.5. The number of nitrogens with one attached hydrogen (secondary N) is 1. The van der Waals surface area contributed by atoms with E-state index in [0.717, 1.165) is 31.8 Å². The lowest BCUT2D eigenvalue weighted by atomic mass is 10.1. The largest absolute Gasteiger partial charge is 0.488 e. The maximum atomic E-state index is 12.3. The highest BCUT2D eigenvalue weighted by atomic mass is 16.5. The number of anilines is 1. The maximum absolute atomic E-state index is 12.3. The van der Waals surface area contributed by atoms with Crippen molar-refractivity contribution >= 4 is 11.8 Å². The fraction of sp³-hybridized carbons (Fsp3) is 0.389. The number of fused-ring (bicyclic) bond motifs is 1. The minimum Gasteiger partial charge on any atom is -0.488 e. The van der Waals surface area contributed by atoms with Crippen molar-refractivity contribution in [3.63, 3.8) is 0 Å². The Morgan fingerprint density at radius 3 is 2.80 bits per heavy atom. The number of carbonyl (C=O) groups is 1. The van der Waals surface area contributed by atoms with Crippen LogP contribution in [0, 0.1) is 0 Å². The molecule has 0 bridgehead atoms. The lowest BCUT2D eigenvalue weighted by molar-refractivity contribution is 0.105. The highest BCUT2D eigenvalue weighted by Crippen LogP contribution is 2.28. The number of piperazine rings is 1. The lowest BCUT2D eigenvalue weighted by Gasteiger charge is -2.35. The highest BCUT2D eigenvalue weighted by Gasteiger charge is 2.27. The number of ether oxygens (including phenoxy) is 1. The van der Waals surface area contributed by atoms with Crippen LogP contribution in [0.2, 0.25) is 0 Å². The van der Waals surface area contributed by atoms with Crippen molar-refractivity contribution in [1.29, 1.82) is 0 Å². The van der Waals surface area contributed by atoms with Gasteiger partial charge in [0.25, 0.3) is 0 Å². The predicted octanol–water partition coefficient (Wildman–Crippen LogP) is 1.63. The summed E-state index contributed by atoms with van der Waals surface area (Å²) in [5, 5.41) is 2.78. The topological polar surface area (TPSA) is 70.6 Å². The van der Waals surface area contributed by atoms with Crippen LogP contribution in [0.5, 0.6) is 5.75 Å². The summed E-state index contributed by atoms with van der Waals surface area (Å²) in [5.74, 6) is 1.49. The first-order valence-electron chi connectivity index (χ1n) is 8.57. The van der Waals surface area contributed by atoms with Crippen molar-refractivity contribution < 1.29 is 9.53 Å². The monoisotopic (exact) mass is 339 g/mol. The molecule has 2 aliphatic heterocycles. The van der Waals surface area contributed by atoms with Gasteiger partial charge in [-0.1, -0.05) is 18.2 Å². The molecule has 4 rings (SSSR count). The average Bonchev–Trinajstić information content (AvgIpc) is 3.05. The van der Waals surface area contributed by atoms with Crippen LogP contribution in [0.25, 0.3) is 0 Å². The van der Waals surface area contributed by atoms with Gasteiger partial charge in [-0.2, -0.15) is 0 Å². The predicted molar refractivity (Wildman–Crippen MR) is 93.6 cm³/mol. The molecule has 1 aromatic carbocycles. The molecule has 2 amide bonds. The molecule has 0 aliphatic carbocycles. The Balaban J connectivity index is 1.24. The fourth-order valence-corrected chi connectivity index (χ4v) is 3.33. The van der Waals surface area contributed by atoms with Crippen molar-refractivity contribution in [3.05, 3.63) is 48.4 Å². The number of hydrogen-bond donors (Lipinski definition) is 1. The summed E-state index contributed by atoms with van der Waals surface area (Å²) in [6.45, 7) is 4.00. The Labute approximate surface area is 146 Å². The molecule has 2 aliphatic rings. The molecule has 7 heteroatoms. The Bertz CT molecular complexity index is 706. The zero-order valence-electron chi connectivity index (χ0n) is 14.0. The number of urea groups is 1. The Kier molecular flexibility index (Phi) is 4.47. The molecule has 0 saturated carbocycles. The quantitative estimate of drug-likeness (QED) is 0.920. The first-order chi connectivity index (χ1) is 12.3.